The molecule has 0 aliphatic rings. The number of phenolic OH excluding ortho intramolecular Hbond substituents is 1. The van der Waals surface area contributed by atoms with Gasteiger partial charge in [0.05, 0.1) is 22.6 Å². The number of fused-ring (bicyclic) bond motifs is 1. The van der Waals surface area contributed by atoms with Crippen LogP contribution in [-0.4, -0.2) is 16.3 Å². The summed E-state index contributed by atoms with van der Waals surface area (Å²) in [5.41, 5.74) is 7.63. The first-order chi connectivity index (χ1) is 12.7. The van der Waals surface area contributed by atoms with Crippen LogP contribution in [0.5, 0.6) is 5.75 Å². The number of hydrazone groups is 1. The van der Waals surface area contributed by atoms with Crippen molar-refractivity contribution in [1.82, 2.24) is 4.98 Å². The van der Waals surface area contributed by atoms with E-state index in [1.165, 1.54) is 0 Å². The molecule has 1 aromatic heterocycles. The Morgan fingerprint density at radius 1 is 0.923 bits per heavy atom. The van der Waals surface area contributed by atoms with Crippen LogP contribution >= 0.6 is 11.6 Å². The fourth-order valence-corrected chi connectivity index (χ4v) is 3.05. The van der Waals surface area contributed by atoms with Gasteiger partial charge >= 0.3 is 0 Å². The second-order valence-corrected chi connectivity index (χ2v) is 6.26. The van der Waals surface area contributed by atoms with Crippen LogP contribution in [-0.2, 0) is 0 Å². The molecule has 0 radical (unpaired) electrons. The summed E-state index contributed by atoms with van der Waals surface area (Å²) in [6.07, 6.45) is 1.78. The minimum absolute atomic E-state index is 0.237. The topological polar surface area (TPSA) is 60.4 Å². The van der Waals surface area contributed by atoms with Crippen molar-refractivity contribution in [1.29, 1.82) is 0 Å². The van der Waals surface area contributed by atoms with E-state index in [9.17, 15) is 5.11 Å². The van der Waals surface area contributed by atoms with Gasteiger partial charge in [0.2, 0.25) is 0 Å². The molecule has 0 amide bonds. The van der Waals surface area contributed by atoms with Crippen LogP contribution in [0.4, 0.5) is 5.69 Å². The number of halogens is 1. The van der Waals surface area contributed by atoms with Crippen molar-refractivity contribution in [3.8, 4) is 17.0 Å². The van der Waals surface area contributed by atoms with Gasteiger partial charge in [0.15, 0.2) is 0 Å². The molecule has 4 aromatic rings. The van der Waals surface area contributed by atoms with E-state index in [1.54, 1.807) is 18.3 Å². The molecule has 0 spiro atoms. The monoisotopic (exact) mass is 361 g/mol. The second-order valence-electron chi connectivity index (χ2n) is 5.86. The van der Waals surface area contributed by atoms with Gasteiger partial charge in [-0.25, -0.2) is 0 Å². The van der Waals surface area contributed by atoms with Crippen molar-refractivity contribution in [2.24, 2.45) is 5.10 Å². The van der Waals surface area contributed by atoms with Crippen LogP contribution in [0.25, 0.3) is 22.2 Å². The summed E-state index contributed by atoms with van der Waals surface area (Å²) in [7, 11) is 0. The van der Waals surface area contributed by atoms with Crippen molar-refractivity contribution in [3.05, 3.63) is 83.4 Å². The molecular formula is C21H16ClN3O. The molecule has 4 rings (SSSR count). The molecule has 3 aromatic carbocycles. The number of nitrogens with one attached hydrogen (secondary N) is 2. The fraction of sp³-hybridized carbons (Fsp3) is 0. The van der Waals surface area contributed by atoms with E-state index in [4.69, 9.17) is 11.6 Å². The van der Waals surface area contributed by atoms with Gasteiger partial charge in [0, 0.05) is 16.5 Å². The van der Waals surface area contributed by atoms with E-state index in [0.717, 1.165) is 33.4 Å². The number of hydrogen-bond donors (Lipinski definition) is 3. The zero-order valence-electron chi connectivity index (χ0n) is 13.8. The minimum atomic E-state index is 0.237. The third-order valence-electron chi connectivity index (χ3n) is 4.15. The van der Waals surface area contributed by atoms with Crippen LogP contribution in [0, 0.1) is 0 Å². The van der Waals surface area contributed by atoms with Crippen molar-refractivity contribution in [3.63, 3.8) is 0 Å². The summed E-state index contributed by atoms with van der Waals surface area (Å²) in [4.78, 5) is 3.43. The number of para-hydroxylation sites is 2. The molecule has 26 heavy (non-hydrogen) atoms. The van der Waals surface area contributed by atoms with E-state index in [2.05, 4.69) is 15.5 Å². The molecule has 0 saturated heterocycles. The zero-order chi connectivity index (χ0) is 17.9. The predicted octanol–water partition coefficient (Wildman–Crippen LogP) is 5.64. The number of aromatic amines is 1. The van der Waals surface area contributed by atoms with Crippen molar-refractivity contribution in [2.45, 2.75) is 0 Å². The minimum Gasteiger partial charge on any atom is -0.508 e. The van der Waals surface area contributed by atoms with Crippen LogP contribution < -0.4 is 5.43 Å². The van der Waals surface area contributed by atoms with Crippen LogP contribution in [0.2, 0.25) is 5.02 Å². The molecule has 0 saturated carbocycles. The number of anilines is 1. The summed E-state index contributed by atoms with van der Waals surface area (Å²) >= 11 is 6.16. The molecule has 5 heteroatoms. The fourth-order valence-electron chi connectivity index (χ4n) is 2.87. The van der Waals surface area contributed by atoms with Gasteiger partial charge < -0.3 is 10.1 Å². The Labute approximate surface area is 155 Å². The molecule has 0 aliphatic heterocycles. The standard InChI is InChI=1S/C21H16ClN3O/c22-18-6-2-4-8-20(18)25-23-13-17-16-5-1-3-7-19(16)24-21(17)14-9-11-15(26)12-10-14/h1-13,24-26H/b23-13+. The number of nitrogens with zero attached hydrogens (tertiary/aromatic N) is 1. The second kappa shape index (κ2) is 6.94. The van der Waals surface area contributed by atoms with Crippen LogP contribution in [0.15, 0.2) is 77.9 Å². The summed E-state index contributed by atoms with van der Waals surface area (Å²) in [5.74, 6) is 0.237. The third kappa shape index (κ3) is 3.15. The van der Waals surface area contributed by atoms with Crippen LogP contribution in [0.1, 0.15) is 5.56 Å². The quantitative estimate of drug-likeness (QED) is 0.325. The number of H-pyrrole nitrogens is 1. The highest BCUT2D eigenvalue weighted by molar-refractivity contribution is 6.33. The summed E-state index contributed by atoms with van der Waals surface area (Å²) in [6, 6.07) is 22.6. The first kappa shape index (κ1) is 16.2. The van der Waals surface area contributed by atoms with Gasteiger partial charge in [-0.2, -0.15) is 5.10 Å². The largest absolute Gasteiger partial charge is 0.508 e. The highest BCUT2D eigenvalue weighted by atomic mass is 35.5. The summed E-state index contributed by atoms with van der Waals surface area (Å²) in [6.45, 7) is 0. The van der Waals surface area contributed by atoms with Gasteiger partial charge in [-0.15, -0.1) is 0 Å². The average Bonchev–Trinajstić information content (AvgIpc) is 3.03. The lowest BCUT2D eigenvalue weighted by atomic mass is 10.1. The van der Waals surface area contributed by atoms with Crippen molar-refractivity contribution < 1.29 is 5.11 Å². The maximum absolute atomic E-state index is 9.55. The highest BCUT2D eigenvalue weighted by Crippen LogP contribution is 2.30. The van der Waals surface area contributed by atoms with E-state index in [0.29, 0.717) is 5.02 Å². The molecule has 0 bridgehead atoms. The number of aromatic nitrogens is 1. The number of benzene rings is 3. The smallest absolute Gasteiger partial charge is 0.115 e. The van der Waals surface area contributed by atoms with Crippen LogP contribution in [0.3, 0.4) is 0 Å². The molecule has 1 heterocycles. The summed E-state index contributed by atoms with van der Waals surface area (Å²) < 4.78 is 0. The normalized spacial score (nSPS) is 11.3. The van der Waals surface area contributed by atoms with E-state index >= 15 is 0 Å². The molecule has 4 nitrogen and oxygen atoms in total. The molecule has 3 N–H and O–H groups in total. The highest BCUT2D eigenvalue weighted by Gasteiger charge is 2.11. The first-order valence-electron chi connectivity index (χ1n) is 8.16. The molecule has 0 fully saturated rings. The first-order valence-corrected chi connectivity index (χ1v) is 8.54. The summed E-state index contributed by atoms with van der Waals surface area (Å²) in [5, 5.41) is 15.6. The van der Waals surface area contributed by atoms with E-state index in [1.807, 2.05) is 60.7 Å². The molecule has 0 aliphatic carbocycles. The maximum Gasteiger partial charge on any atom is 0.115 e. The molecule has 0 unspecified atom stereocenters. The number of rotatable bonds is 4. The maximum atomic E-state index is 9.55. The van der Waals surface area contributed by atoms with E-state index < -0.39 is 0 Å². The van der Waals surface area contributed by atoms with Gasteiger partial charge in [0.25, 0.3) is 0 Å². The Bertz CT molecular complexity index is 1080. The SMILES string of the molecule is Oc1ccc(-c2[nH]c3ccccc3c2/C=N/Nc2ccccc2Cl)cc1. The number of phenols is 1. The Balaban J connectivity index is 1.75. The predicted molar refractivity (Wildman–Crippen MR) is 108 cm³/mol. The molecular weight excluding hydrogens is 346 g/mol. The number of aromatic hydroxyl groups is 1. The Hall–Kier alpha value is -3.24. The average molecular weight is 362 g/mol. The van der Waals surface area contributed by atoms with Gasteiger partial charge in [-0.3, -0.25) is 5.43 Å². The number of hydrogen-bond acceptors (Lipinski definition) is 3. The molecule has 0 atom stereocenters. The van der Waals surface area contributed by atoms with Crippen molar-refractivity contribution >= 4 is 34.4 Å². The Morgan fingerprint density at radius 3 is 2.46 bits per heavy atom. The van der Waals surface area contributed by atoms with E-state index in [-0.39, 0.29) is 5.75 Å². The molecule has 128 valence electrons. The zero-order valence-corrected chi connectivity index (χ0v) is 14.5. The third-order valence-corrected chi connectivity index (χ3v) is 4.48. The lowest BCUT2D eigenvalue weighted by molar-refractivity contribution is 0.475. The Morgan fingerprint density at radius 2 is 1.65 bits per heavy atom. The Kier molecular flexibility index (Phi) is 4.33. The van der Waals surface area contributed by atoms with Gasteiger partial charge in [-0.05, 0) is 48.0 Å². The lowest BCUT2D eigenvalue weighted by Gasteiger charge is -2.03. The van der Waals surface area contributed by atoms with Gasteiger partial charge in [0.1, 0.15) is 5.75 Å². The van der Waals surface area contributed by atoms with Gasteiger partial charge in [-0.1, -0.05) is 41.9 Å². The van der Waals surface area contributed by atoms with Crippen molar-refractivity contribution in [2.75, 3.05) is 5.43 Å². The lowest BCUT2D eigenvalue weighted by Crippen LogP contribution is -1.92.